The Kier molecular flexibility index (Phi) is 1.74. The fourth-order valence-electron chi connectivity index (χ4n) is 1.46. The highest BCUT2D eigenvalue weighted by Crippen LogP contribution is 2.04. The maximum Gasteiger partial charge on any atom is 0.270 e. The van der Waals surface area contributed by atoms with Gasteiger partial charge in [0.2, 0.25) is 0 Å². The molecule has 2 rings (SSSR count). The number of aliphatic hydroxyl groups excluding tert-OH is 1. The minimum atomic E-state index is -0.563. The molecule has 1 N–H and O–H groups in total. The Balaban J connectivity index is 2.80. The molecule has 1 aliphatic rings. The summed E-state index contributed by atoms with van der Waals surface area (Å²) in [7, 11) is 0. The van der Waals surface area contributed by atoms with Gasteiger partial charge in [-0.2, -0.15) is 0 Å². The highest BCUT2D eigenvalue weighted by molar-refractivity contribution is 6.06. The fourth-order valence-corrected chi connectivity index (χ4v) is 1.46. The van der Waals surface area contributed by atoms with E-state index in [1.54, 1.807) is 25.1 Å². The normalized spacial score (nSPS) is 16.0. The first-order chi connectivity index (χ1) is 6.18. The van der Waals surface area contributed by atoms with Crippen LogP contribution in [0.2, 0.25) is 0 Å². The molecule has 1 amide bonds. The molecule has 0 fully saturated rings. The number of rotatable bonds is 1. The zero-order chi connectivity index (χ0) is 9.42. The molecule has 1 aromatic carbocycles. The summed E-state index contributed by atoms with van der Waals surface area (Å²) in [5.41, 5.74) is 0.757. The number of hydrogen-bond acceptors (Lipinski definition) is 2. The molecule has 1 heterocycles. The molecule has 0 aliphatic carbocycles. The molecule has 13 heavy (non-hydrogen) atoms. The summed E-state index contributed by atoms with van der Waals surface area (Å²) in [6.07, 6.45) is 0.893. The van der Waals surface area contributed by atoms with Gasteiger partial charge in [-0.15, -0.1) is 0 Å². The van der Waals surface area contributed by atoms with Gasteiger partial charge in [0.15, 0.2) is 0 Å². The summed E-state index contributed by atoms with van der Waals surface area (Å²) in [6.45, 7) is 1.67. The molecule has 1 aromatic rings. The molecule has 66 valence electrons. The van der Waals surface area contributed by atoms with Crippen molar-refractivity contribution in [1.29, 1.82) is 0 Å². The molecule has 0 aromatic heterocycles. The van der Waals surface area contributed by atoms with Crippen LogP contribution in [0.3, 0.4) is 0 Å². The molecule has 1 aliphatic heterocycles. The van der Waals surface area contributed by atoms with Crippen molar-refractivity contribution < 1.29 is 9.90 Å². The van der Waals surface area contributed by atoms with Crippen molar-refractivity contribution in [3.05, 3.63) is 34.3 Å². The van der Waals surface area contributed by atoms with E-state index in [0.29, 0.717) is 5.36 Å². The van der Waals surface area contributed by atoms with Crippen LogP contribution in [0.1, 0.15) is 18.6 Å². The summed E-state index contributed by atoms with van der Waals surface area (Å²) in [5.74, 6) is -0.247. The van der Waals surface area contributed by atoms with Crippen molar-refractivity contribution in [1.82, 2.24) is 0 Å². The van der Waals surface area contributed by atoms with Crippen LogP contribution >= 0.6 is 0 Å². The summed E-state index contributed by atoms with van der Waals surface area (Å²) in [5, 5.41) is 10.8. The third kappa shape index (κ3) is 1.27. The third-order valence-corrected chi connectivity index (χ3v) is 2.07. The number of carbonyl (C=O) groups excluding carboxylic acids is 1. The monoisotopic (exact) mass is 175 g/mol. The summed E-state index contributed by atoms with van der Waals surface area (Å²) in [6, 6.07) is 5.35. The lowest BCUT2D eigenvalue weighted by Gasteiger charge is -2.03. The van der Waals surface area contributed by atoms with Crippen LogP contribution < -0.4 is 10.6 Å². The first-order valence-corrected chi connectivity index (χ1v) is 4.10. The van der Waals surface area contributed by atoms with Crippen LogP contribution in [0.5, 0.6) is 0 Å². The van der Waals surface area contributed by atoms with Crippen LogP contribution in [0, 0.1) is 0 Å². The van der Waals surface area contributed by atoms with Gasteiger partial charge >= 0.3 is 0 Å². The average Bonchev–Trinajstić information content (AvgIpc) is 2.43. The number of benzene rings is 1. The number of fused-ring (bicyclic) bond motifs is 1. The first kappa shape index (κ1) is 8.13. The third-order valence-electron chi connectivity index (χ3n) is 2.07. The van der Waals surface area contributed by atoms with Crippen molar-refractivity contribution in [2.24, 2.45) is 4.99 Å². The molecule has 1 unspecified atom stereocenters. The number of aliphatic hydroxyl groups is 1. The number of hydrogen-bond donors (Lipinski definition) is 1. The Morgan fingerprint density at radius 3 is 2.92 bits per heavy atom. The van der Waals surface area contributed by atoms with Gasteiger partial charge in [0, 0.05) is 11.3 Å². The average molecular weight is 175 g/mol. The number of carbonyl (C=O) groups is 1. The van der Waals surface area contributed by atoms with E-state index in [1.807, 2.05) is 0 Å². The Morgan fingerprint density at radius 2 is 2.23 bits per heavy atom. The van der Waals surface area contributed by atoms with E-state index in [2.05, 4.69) is 4.99 Å². The van der Waals surface area contributed by atoms with Crippen LogP contribution in [0.15, 0.2) is 23.2 Å². The van der Waals surface area contributed by atoms with Crippen molar-refractivity contribution in [2.45, 2.75) is 13.0 Å². The number of amides is 1. The maximum absolute atomic E-state index is 11.0. The Bertz CT molecular complexity index is 474. The fraction of sp³-hybridized carbons (Fsp3) is 0.200. The topological polar surface area (TPSA) is 49.7 Å². The van der Waals surface area contributed by atoms with Crippen LogP contribution in [0.4, 0.5) is 0 Å². The van der Waals surface area contributed by atoms with Gasteiger partial charge in [-0.1, -0.05) is 12.1 Å². The zero-order valence-corrected chi connectivity index (χ0v) is 7.19. The van der Waals surface area contributed by atoms with Gasteiger partial charge in [0.1, 0.15) is 0 Å². The van der Waals surface area contributed by atoms with Crippen molar-refractivity contribution in [3.63, 3.8) is 0 Å². The second kappa shape index (κ2) is 2.78. The predicted octanol–water partition coefficient (Wildman–Crippen LogP) is -0.320. The van der Waals surface area contributed by atoms with E-state index in [0.717, 1.165) is 10.8 Å². The van der Waals surface area contributed by atoms with Crippen LogP contribution in [-0.2, 0) is 4.79 Å². The minimum Gasteiger partial charge on any atom is -0.389 e. The number of nitrogens with zero attached hydrogens (tertiary/aromatic N) is 1. The molecule has 3 nitrogen and oxygen atoms in total. The van der Waals surface area contributed by atoms with E-state index < -0.39 is 6.10 Å². The lowest BCUT2D eigenvalue weighted by molar-refractivity contribution is -0.112. The molecule has 0 saturated heterocycles. The van der Waals surface area contributed by atoms with Crippen molar-refractivity contribution in [3.8, 4) is 0 Å². The Labute approximate surface area is 75.0 Å². The molecule has 0 bridgehead atoms. The summed E-state index contributed by atoms with van der Waals surface area (Å²) < 4.78 is 0. The van der Waals surface area contributed by atoms with E-state index >= 15 is 0 Å². The standard InChI is InChI=1S/C10H9NO2/c1-6(12)7-3-2-4-9-8(7)5-10(13)11-9/h2-6,12H,1H3. The predicted molar refractivity (Wildman–Crippen MR) is 47.3 cm³/mol. The minimum absolute atomic E-state index is 0.247. The maximum atomic E-state index is 11.0. The summed E-state index contributed by atoms with van der Waals surface area (Å²) >= 11 is 0. The second-order valence-electron chi connectivity index (χ2n) is 3.05. The first-order valence-electron chi connectivity index (χ1n) is 4.10. The van der Waals surface area contributed by atoms with Gasteiger partial charge in [0.05, 0.1) is 11.5 Å². The van der Waals surface area contributed by atoms with Crippen LogP contribution in [-0.4, -0.2) is 11.0 Å². The second-order valence-corrected chi connectivity index (χ2v) is 3.05. The van der Waals surface area contributed by atoms with E-state index in [9.17, 15) is 9.90 Å². The highest BCUT2D eigenvalue weighted by Gasteiger charge is 2.09. The molecular formula is C10H9NO2. The van der Waals surface area contributed by atoms with E-state index in [-0.39, 0.29) is 5.91 Å². The highest BCUT2D eigenvalue weighted by atomic mass is 16.3. The van der Waals surface area contributed by atoms with Gasteiger partial charge in [0.25, 0.3) is 5.91 Å². The molecule has 3 heteroatoms. The summed E-state index contributed by atoms with van der Waals surface area (Å²) in [4.78, 5) is 14.8. The SMILES string of the molecule is CC(O)c1cccc2c1=CC(=O)N=2. The lowest BCUT2D eigenvalue weighted by atomic mass is 10.1. The van der Waals surface area contributed by atoms with Gasteiger partial charge in [-0.3, -0.25) is 4.79 Å². The van der Waals surface area contributed by atoms with Crippen molar-refractivity contribution in [2.75, 3.05) is 0 Å². The van der Waals surface area contributed by atoms with Gasteiger partial charge in [-0.05, 0) is 18.6 Å². The van der Waals surface area contributed by atoms with Crippen molar-refractivity contribution >= 4 is 12.0 Å². The van der Waals surface area contributed by atoms with Crippen LogP contribution in [0.25, 0.3) is 6.08 Å². The van der Waals surface area contributed by atoms with Gasteiger partial charge < -0.3 is 5.11 Å². The zero-order valence-electron chi connectivity index (χ0n) is 7.19. The Hall–Kier alpha value is -1.48. The molecular weight excluding hydrogens is 166 g/mol. The van der Waals surface area contributed by atoms with Gasteiger partial charge in [-0.25, -0.2) is 4.99 Å². The molecule has 1 atom stereocenters. The lowest BCUT2D eigenvalue weighted by Crippen LogP contribution is -2.26. The van der Waals surface area contributed by atoms with E-state index in [4.69, 9.17) is 0 Å². The molecule has 0 radical (unpaired) electrons. The quantitative estimate of drug-likeness (QED) is 0.636. The molecule has 0 spiro atoms. The largest absolute Gasteiger partial charge is 0.389 e. The molecule has 0 saturated carbocycles. The Morgan fingerprint density at radius 1 is 1.46 bits per heavy atom. The smallest absolute Gasteiger partial charge is 0.270 e. The van der Waals surface area contributed by atoms with E-state index in [1.165, 1.54) is 6.08 Å².